The van der Waals surface area contributed by atoms with Gasteiger partial charge in [0.25, 0.3) is 5.91 Å². The molecule has 1 aromatic carbocycles. The van der Waals surface area contributed by atoms with Crippen molar-refractivity contribution in [3.8, 4) is 11.5 Å². The summed E-state index contributed by atoms with van der Waals surface area (Å²) in [6.07, 6.45) is 3.09. The van der Waals surface area contributed by atoms with Crippen molar-refractivity contribution in [1.82, 2.24) is 15.2 Å². The van der Waals surface area contributed by atoms with Crippen LogP contribution in [-0.4, -0.2) is 53.2 Å². The predicted octanol–water partition coefficient (Wildman–Crippen LogP) is 2.16. The Bertz CT molecular complexity index is 678. The molecule has 1 aliphatic rings. The molecule has 0 radical (unpaired) electrons. The normalized spacial score (nSPS) is 17.4. The third kappa shape index (κ3) is 4.90. The van der Waals surface area contributed by atoms with Crippen LogP contribution in [0.2, 0.25) is 0 Å². The fourth-order valence-electron chi connectivity index (χ4n) is 3.00. The third-order valence-corrected chi connectivity index (χ3v) is 4.60. The number of benzene rings is 1. The van der Waals surface area contributed by atoms with E-state index in [1.807, 2.05) is 30.3 Å². The summed E-state index contributed by atoms with van der Waals surface area (Å²) in [7, 11) is 0. The summed E-state index contributed by atoms with van der Waals surface area (Å²) < 4.78 is 5.37. The molecule has 134 valence electrons. The average Bonchev–Trinajstić information content (AvgIpc) is 3.13. The number of carbonyl (C=O) groups is 1. The van der Waals surface area contributed by atoms with Crippen LogP contribution >= 0.6 is 0 Å². The molecule has 25 heavy (non-hydrogen) atoms. The van der Waals surface area contributed by atoms with Gasteiger partial charge >= 0.3 is 0 Å². The number of carbonyl (C=O) groups excluding carboxylic acids is 1. The average molecular weight is 343 g/mol. The number of nitrogens with zero attached hydrogens (tertiary/aromatic N) is 2. The quantitative estimate of drug-likeness (QED) is 0.840. The standard InChI is InChI=1S/C19H25N3O3/c1-14-7-9-22(10-8-14)12-16(23)11-20-18(24)17-13-25-19(21-17)15-5-3-2-4-6-15/h2-6,13-14,16,23H,7-12H2,1H3,(H,20,24). The van der Waals surface area contributed by atoms with Gasteiger partial charge in [-0.15, -0.1) is 0 Å². The van der Waals surface area contributed by atoms with Crippen molar-refractivity contribution in [2.24, 2.45) is 5.92 Å². The number of aromatic nitrogens is 1. The van der Waals surface area contributed by atoms with Gasteiger partial charge < -0.3 is 19.7 Å². The number of likely N-dealkylation sites (tertiary alicyclic amines) is 1. The van der Waals surface area contributed by atoms with Crippen LogP contribution in [0.3, 0.4) is 0 Å². The van der Waals surface area contributed by atoms with Crippen molar-refractivity contribution >= 4 is 5.91 Å². The Hall–Kier alpha value is -2.18. The molecular formula is C19H25N3O3. The fourth-order valence-corrected chi connectivity index (χ4v) is 3.00. The number of β-amino-alcohol motifs (C(OH)–C–C–N with tert-alkyl or cyclic N) is 1. The fraction of sp³-hybridized carbons (Fsp3) is 0.474. The summed E-state index contributed by atoms with van der Waals surface area (Å²) in [4.78, 5) is 18.6. The van der Waals surface area contributed by atoms with Gasteiger partial charge in [0, 0.05) is 18.7 Å². The molecular weight excluding hydrogens is 318 g/mol. The molecule has 0 bridgehead atoms. The largest absolute Gasteiger partial charge is 0.444 e. The van der Waals surface area contributed by atoms with Gasteiger partial charge in [0.2, 0.25) is 5.89 Å². The van der Waals surface area contributed by atoms with Crippen LogP contribution < -0.4 is 5.32 Å². The number of aliphatic hydroxyl groups excluding tert-OH is 1. The molecule has 1 aromatic heterocycles. The summed E-state index contributed by atoms with van der Waals surface area (Å²) >= 11 is 0. The van der Waals surface area contributed by atoms with Crippen LogP contribution in [-0.2, 0) is 0 Å². The molecule has 2 N–H and O–H groups in total. The zero-order valence-corrected chi connectivity index (χ0v) is 14.5. The van der Waals surface area contributed by atoms with E-state index in [0.29, 0.717) is 12.4 Å². The molecule has 1 saturated heterocycles. The second kappa shape index (κ2) is 8.27. The smallest absolute Gasteiger partial charge is 0.273 e. The van der Waals surface area contributed by atoms with E-state index < -0.39 is 6.10 Å². The molecule has 0 spiro atoms. The first kappa shape index (κ1) is 17.6. The lowest BCUT2D eigenvalue weighted by molar-refractivity contribution is 0.0792. The molecule has 6 nitrogen and oxygen atoms in total. The summed E-state index contributed by atoms with van der Waals surface area (Å²) in [5, 5.41) is 12.9. The minimum Gasteiger partial charge on any atom is -0.444 e. The monoisotopic (exact) mass is 343 g/mol. The molecule has 1 unspecified atom stereocenters. The molecule has 2 heterocycles. The Labute approximate surface area is 147 Å². The van der Waals surface area contributed by atoms with Crippen molar-refractivity contribution in [2.75, 3.05) is 26.2 Å². The Balaban J connectivity index is 1.47. The van der Waals surface area contributed by atoms with Gasteiger partial charge in [-0.3, -0.25) is 4.79 Å². The highest BCUT2D eigenvalue weighted by atomic mass is 16.3. The highest BCUT2D eigenvalue weighted by Crippen LogP contribution is 2.18. The highest BCUT2D eigenvalue weighted by Gasteiger charge is 2.19. The van der Waals surface area contributed by atoms with Crippen LogP contribution in [0.1, 0.15) is 30.3 Å². The number of hydrogen-bond acceptors (Lipinski definition) is 5. The molecule has 3 rings (SSSR count). The predicted molar refractivity (Wildman–Crippen MR) is 95.1 cm³/mol. The summed E-state index contributed by atoms with van der Waals surface area (Å²) in [6.45, 7) is 5.07. The number of rotatable bonds is 6. The lowest BCUT2D eigenvalue weighted by Gasteiger charge is -2.31. The van der Waals surface area contributed by atoms with Crippen molar-refractivity contribution in [1.29, 1.82) is 0 Å². The maximum absolute atomic E-state index is 12.2. The van der Waals surface area contributed by atoms with Crippen molar-refractivity contribution in [2.45, 2.75) is 25.9 Å². The van der Waals surface area contributed by atoms with Gasteiger partial charge in [0.05, 0.1) is 6.10 Å². The van der Waals surface area contributed by atoms with E-state index in [1.54, 1.807) is 0 Å². The number of aliphatic hydroxyl groups is 1. The van der Waals surface area contributed by atoms with E-state index in [1.165, 1.54) is 19.1 Å². The highest BCUT2D eigenvalue weighted by molar-refractivity contribution is 5.92. The van der Waals surface area contributed by atoms with Gasteiger partial charge in [-0.2, -0.15) is 0 Å². The number of piperidine rings is 1. The van der Waals surface area contributed by atoms with E-state index in [0.717, 1.165) is 24.6 Å². The minimum absolute atomic E-state index is 0.207. The number of amides is 1. The van der Waals surface area contributed by atoms with Crippen LogP contribution in [0, 0.1) is 5.92 Å². The first-order chi connectivity index (χ1) is 12.1. The molecule has 1 fully saturated rings. The maximum atomic E-state index is 12.2. The SMILES string of the molecule is CC1CCN(CC(O)CNC(=O)c2coc(-c3ccccc3)n2)CC1. The van der Waals surface area contributed by atoms with Crippen molar-refractivity contribution in [3.05, 3.63) is 42.3 Å². The Kier molecular flexibility index (Phi) is 5.83. The molecule has 6 heteroatoms. The first-order valence-electron chi connectivity index (χ1n) is 8.81. The Morgan fingerprint density at radius 3 is 2.80 bits per heavy atom. The van der Waals surface area contributed by atoms with Gasteiger partial charge in [-0.25, -0.2) is 4.98 Å². The summed E-state index contributed by atoms with van der Waals surface area (Å²) in [6, 6.07) is 9.42. The van der Waals surface area contributed by atoms with E-state index in [2.05, 4.69) is 22.1 Å². The Morgan fingerprint density at radius 1 is 1.36 bits per heavy atom. The lowest BCUT2D eigenvalue weighted by atomic mass is 9.99. The third-order valence-electron chi connectivity index (χ3n) is 4.60. The van der Waals surface area contributed by atoms with Crippen molar-refractivity contribution < 1.29 is 14.3 Å². The zero-order valence-electron chi connectivity index (χ0n) is 14.5. The molecule has 2 aromatic rings. The molecule has 0 aliphatic carbocycles. The Morgan fingerprint density at radius 2 is 2.08 bits per heavy atom. The van der Waals surface area contributed by atoms with Gasteiger partial charge in [0.15, 0.2) is 5.69 Å². The minimum atomic E-state index is -0.585. The lowest BCUT2D eigenvalue weighted by Crippen LogP contribution is -2.43. The first-order valence-corrected chi connectivity index (χ1v) is 8.81. The molecule has 1 atom stereocenters. The summed E-state index contributed by atoms with van der Waals surface area (Å²) in [5.74, 6) is 0.838. The van der Waals surface area contributed by atoms with E-state index in [9.17, 15) is 9.90 Å². The van der Waals surface area contributed by atoms with E-state index in [4.69, 9.17) is 4.42 Å². The number of oxazole rings is 1. The van der Waals surface area contributed by atoms with E-state index >= 15 is 0 Å². The molecule has 1 amide bonds. The molecule has 0 saturated carbocycles. The van der Waals surface area contributed by atoms with E-state index in [-0.39, 0.29) is 18.1 Å². The van der Waals surface area contributed by atoms with Crippen LogP contribution in [0.4, 0.5) is 0 Å². The maximum Gasteiger partial charge on any atom is 0.273 e. The van der Waals surface area contributed by atoms with Crippen LogP contribution in [0.25, 0.3) is 11.5 Å². The topological polar surface area (TPSA) is 78.6 Å². The van der Waals surface area contributed by atoms with Crippen LogP contribution in [0.5, 0.6) is 0 Å². The van der Waals surface area contributed by atoms with Crippen molar-refractivity contribution in [3.63, 3.8) is 0 Å². The second-order valence-corrected chi connectivity index (χ2v) is 6.75. The number of nitrogens with one attached hydrogen (secondary N) is 1. The van der Waals surface area contributed by atoms with Crippen LogP contribution in [0.15, 0.2) is 41.0 Å². The van der Waals surface area contributed by atoms with Gasteiger partial charge in [0.1, 0.15) is 6.26 Å². The van der Waals surface area contributed by atoms with Gasteiger partial charge in [-0.05, 0) is 44.0 Å². The van der Waals surface area contributed by atoms with Gasteiger partial charge in [-0.1, -0.05) is 25.1 Å². The second-order valence-electron chi connectivity index (χ2n) is 6.75. The zero-order chi connectivity index (χ0) is 17.6. The summed E-state index contributed by atoms with van der Waals surface area (Å²) in [5.41, 5.74) is 1.04. The number of hydrogen-bond donors (Lipinski definition) is 2. The molecule has 1 aliphatic heterocycles.